The standard InChI is InChI=1S/C20H15N5O/c1-26-18-10-6-5-7-14(18)11-15(12-21)19-17(13-22)20(23)25(24-19)16-8-3-2-4-9-16/h2-11H,23H2,1H3/b15-11-. The minimum Gasteiger partial charge on any atom is -0.496 e. The number of allylic oxidation sites excluding steroid dienone is 1. The lowest BCUT2D eigenvalue weighted by Crippen LogP contribution is -2.02. The van der Waals surface area contributed by atoms with Gasteiger partial charge in [0, 0.05) is 5.56 Å². The van der Waals surface area contributed by atoms with Crippen molar-refractivity contribution in [2.75, 3.05) is 12.8 Å². The molecule has 0 amide bonds. The first-order valence-corrected chi connectivity index (χ1v) is 7.78. The van der Waals surface area contributed by atoms with E-state index in [-0.39, 0.29) is 22.6 Å². The van der Waals surface area contributed by atoms with E-state index < -0.39 is 0 Å². The molecule has 0 saturated carbocycles. The van der Waals surface area contributed by atoms with Crippen LogP contribution in [0, 0.1) is 22.7 Å². The van der Waals surface area contributed by atoms with E-state index >= 15 is 0 Å². The van der Waals surface area contributed by atoms with E-state index in [1.165, 1.54) is 4.68 Å². The number of nitrogen functional groups attached to an aromatic ring is 1. The molecular weight excluding hydrogens is 326 g/mol. The predicted octanol–water partition coefficient (Wildman–Crippen LogP) is 3.40. The van der Waals surface area contributed by atoms with E-state index in [0.717, 1.165) is 0 Å². The van der Waals surface area contributed by atoms with Gasteiger partial charge in [0.1, 0.15) is 35.0 Å². The van der Waals surface area contributed by atoms with E-state index in [0.29, 0.717) is 17.0 Å². The molecule has 2 N–H and O–H groups in total. The average molecular weight is 341 g/mol. The molecule has 3 rings (SSSR count). The second kappa shape index (κ2) is 7.25. The van der Waals surface area contributed by atoms with Crippen LogP contribution < -0.4 is 10.5 Å². The van der Waals surface area contributed by atoms with Crippen LogP contribution in [-0.2, 0) is 0 Å². The van der Waals surface area contributed by atoms with Gasteiger partial charge in [-0.05, 0) is 24.3 Å². The molecule has 0 atom stereocenters. The predicted molar refractivity (Wildman–Crippen MR) is 99.2 cm³/mol. The van der Waals surface area contributed by atoms with E-state index in [1.807, 2.05) is 48.5 Å². The lowest BCUT2D eigenvalue weighted by atomic mass is 10.1. The molecule has 6 heteroatoms. The van der Waals surface area contributed by atoms with Gasteiger partial charge in [-0.15, -0.1) is 0 Å². The fraction of sp³-hybridized carbons (Fsp3) is 0.0500. The van der Waals surface area contributed by atoms with Crippen LogP contribution in [0.25, 0.3) is 17.3 Å². The van der Waals surface area contributed by atoms with Crippen LogP contribution in [0.15, 0.2) is 54.6 Å². The Balaban J connectivity index is 2.18. The highest BCUT2D eigenvalue weighted by Gasteiger charge is 2.20. The topological polar surface area (TPSA) is 101 Å². The summed E-state index contributed by atoms with van der Waals surface area (Å²) in [6.45, 7) is 0. The average Bonchev–Trinajstić information content (AvgIpc) is 3.03. The first kappa shape index (κ1) is 16.8. The molecule has 0 radical (unpaired) electrons. The molecule has 0 bridgehead atoms. The molecule has 0 spiro atoms. The molecule has 126 valence electrons. The van der Waals surface area contributed by atoms with Crippen LogP contribution in [0.3, 0.4) is 0 Å². The van der Waals surface area contributed by atoms with Crippen molar-refractivity contribution in [3.8, 4) is 23.6 Å². The highest BCUT2D eigenvalue weighted by atomic mass is 16.5. The number of ether oxygens (including phenoxy) is 1. The van der Waals surface area contributed by atoms with Gasteiger partial charge in [-0.2, -0.15) is 15.6 Å². The van der Waals surface area contributed by atoms with E-state index in [1.54, 1.807) is 19.3 Å². The van der Waals surface area contributed by atoms with Gasteiger partial charge in [0.15, 0.2) is 0 Å². The number of nitrogens with zero attached hydrogens (tertiary/aromatic N) is 4. The van der Waals surface area contributed by atoms with Crippen LogP contribution in [0.1, 0.15) is 16.8 Å². The zero-order valence-corrected chi connectivity index (χ0v) is 14.0. The van der Waals surface area contributed by atoms with Crippen molar-refractivity contribution in [2.24, 2.45) is 0 Å². The summed E-state index contributed by atoms with van der Waals surface area (Å²) in [6, 6.07) is 20.7. The number of aromatic nitrogens is 2. The summed E-state index contributed by atoms with van der Waals surface area (Å²) in [5.74, 6) is 0.809. The fourth-order valence-electron chi connectivity index (χ4n) is 2.59. The summed E-state index contributed by atoms with van der Waals surface area (Å²) in [5.41, 5.74) is 8.16. The second-order valence-corrected chi connectivity index (χ2v) is 5.38. The number of hydrogen-bond donors (Lipinski definition) is 1. The number of nitriles is 2. The number of para-hydroxylation sites is 2. The Hall–Kier alpha value is -4.03. The quantitative estimate of drug-likeness (QED) is 0.733. The molecule has 1 aromatic heterocycles. The monoisotopic (exact) mass is 341 g/mol. The molecule has 3 aromatic rings. The number of rotatable bonds is 4. The van der Waals surface area contributed by atoms with Crippen LogP contribution in [0.5, 0.6) is 5.75 Å². The first-order valence-electron chi connectivity index (χ1n) is 7.78. The third-order valence-electron chi connectivity index (χ3n) is 3.85. The minimum atomic E-state index is 0.163. The Morgan fingerprint density at radius 3 is 2.46 bits per heavy atom. The van der Waals surface area contributed by atoms with Crippen molar-refractivity contribution in [3.05, 3.63) is 71.4 Å². The maximum atomic E-state index is 9.64. The smallest absolute Gasteiger partial charge is 0.145 e. The van der Waals surface area contributed by atoms with Gasteiger partial charge in [0.05, 0.1) is 18.4 Å². The van der Waals surface area contributed by atoms with E-state index in [9.17, 15) is 10.5 Å². The largest absolute Gasteiger partial charge is 0.496 e. The van der Waals surface area contributed by atoms with Gasteiger partial charge in [-0.1, -0.05) is 36.4 Å². The third kappa shape index (κ3) is 3.00. The molecular formula is C20H15N5O. The van der Waals surface area contributed by atoms with Crippen LogP contribution >= 0.6 is 0 Å². The van der Waals surface area contributed by atoms with Gasteiger partial charge < -0.3 is 10.5 Å². The molecule has 0 unspecified atom stereocenters. The highest BCUT2D eigenvalue weighted by Crippen LogP contribution is 2.29. The summed E-state index contributed by atoms with van der Waals surface area (Å²) < 4.78 is 6.77. The zero-order chi connectivity index (χ0) is 18.5. The zero-order valence-electron chi connectivity index (χ0n) is 14.0. The summed E-state index contributed by atoms with van der Waals surface area (Å²) in [7, 11) is 1.56. The molecule has 0 saturated heterocycles. The fourth-order valence-corrected chi connectivity index (χ4v) is 2.59. The maximum absolute atomic E-state index is 9.64. The Labute approximate surface area is 151 Å². The third-order valence-corrected chi connectivity index (χ3v) is 3.85. The molecule has 0 aliphatic carbocycles. The van der Waals surface area contributed by atoms with Crippen LogP contribution in [-0.4, -0.2) is 16.9 Å². The number of methoxy groups -OCH3 is 1. The van der Waals surface area contributed by atoms with Crippen molar-refractivity contribution >= 4 is 17.5 Å². The molecule has 0 fully saturated rings. The molecule has 2 aromatic carbocycles. The number of benzene rings is 2. The number of nitrogens with two attached hydrogens (primary N) is 1. The second-order valence-electron chi connectivity index (χ2n) is 5.38. The molecule has 0 aliphatic rings. The lowest BCUT2D eigenvalue weighted by molar-refractivity contribution is 0.414. The molecule has 0 aliphatic heterocycles. The minimum absolute atomic E-state index is 0.163. The first-order chi connectivity index (χ1) is 12.7. The summed E-state index contributed by atoms with van der Waals surface area (Å²) in [5, 5.41) is 23.6. The van der Waals surface area contributed by atoms with E-state index in [2.05, 4.69) is 17.2 Å². The Bertz CT molecular complexity index is 1050. The summed E-state index contributed by atoms with van der Waals surface area (Å²) in [6.07, 6.45) is 1.64. The highest BCUT2D eigenvalue weighted by molar-refractivity contribution is 5.92. The van der Waals surface area contributed by atoms with Gasteiger partial charge >= 0.3 is 0 Å². The van der Waals surface area contributed by atoms with E-state index in [4.69, 9.17) is 10.5 Å². The maximum Gasteiger partial charge on any atom is 0.145 e. The Kier molecular flexibility index (Phi) is 4.69. The SMILES string of the molecule is COc1ccccc1/C=C(/C#N)c1nn(-c2ccccc2)c(N)c1C#N. The summed E-state index contributed by atoms with van der Waals surface area (Å²) in [4.78, 5) is 0. The Morgan fingerprint density at radius 1 is 1.12 bits per heavy atom. The van der Waals surface area contributed by atoms with Crippen molar-refractivity contribution in [2.45, 2.75) is 0 Å². The van der Waals surface area contributed by atoms with Crippen molar-refractivity contribution in [1.29, 1.82) is 10.5 Å². The lowest BCUT2D eigenvalue weighted by Gasteiger charge is -2.04. The number of hydrogen-bond acceptors (Lipinski definition) is 5. The summed E-state index contributed by atoms with van der Waals surface area (Å²) >= 11 is 0. The van der Waals surface area contributed by atoms with Gasteiger partial charge in [-0.3, -0.25) is 0 Å². The number of anilines is 1. The van der Waals surface area contributed by atoms with Crippen LogP contribution in [0.4, 0.5) is 5.82 Å². The molecule has 26 heavy (non-hydrogen) atoms. The van der Waals surface area contributed by atoms with Crippen molar-refractivity contribution < 1.29 is 4.74 Å². The molecule has 1 heterocycles. The van der Waals surface area contributed by atoms with Crippen LogP contribution in [0.2, 0.25) is 0 Å². The van der Waals surface area contributed by atoms with Gasteiger partial charge in [0.25, 0.3) is 0 Å². The van der Waals surface area contributed by atoms with Gasteiger partial charge in [0.2, 0.25) is 0 Å². The Morgan fingerprint density at radius 2 is 1.81 bits per heavy atom. The molecule has 6 nitrogen and oxygen atoms in total. The normalized spacial score (nSPS) is 10.8. The van der Waals surface area contributed by atoms with Gasteiger partial charge in [-0.25, -0.2) is 4.68 Å². The van der Waals surface area contributed by atoms with Crippen molar-refractivity contribution in [3.63, 3.8) is 0 Å². The van der Waals surface area contributed by atoms with Crippen molar-refractivity contribution in [1.82, 2.24) is 9.78 Å².